The van der Waals surface area contributed by atoms with Crippen LogP contribution in [0.5, 0.6) is 0 Å². The molecule has 1 aromatic heterocycles. The van der Waals surface area contributed by atoms with E-state index >= 15 is 0 Å². The molecule has 2 heterocycles. The molecule has 1 unspecified atom stereocenters. The van der Waals surface area contributed by atoms with Crippen molar-refractivity contribution in [2.75, 3.05) is 19.8 Å². The van der Waals surface area contributed by atoms with Gasteiger partial charge in [-0.3, -0.25) is 4.79 Å². The van der Waals surface area contributed by atoms with Crippen LogP contribution in [-0.4, -0.2) is 47.6 Å². The second-order valence-electron chi connectivity index (χ2n) is 6.21. The highest BCUT2D eigenvalue weighted by Gasteiger charge is 2.25. The Kier molecular flexibility index (Phi) is 6.43. The molecular weight excluding hydrogens is 308 g/mol. The summed E-state index contributed by atoms with van der Waals surface area (Å²) in [6, 6.07) is 0. The molecule has 1 atom stereocenters. The molecule has 0 spiro atoms. The van der Waals surface area contributed by atoms with E-state index in [0.29, 0.717) is 31.8 Å². The third-order valence-electron chi connectivity index (χ3n) is 4.52. The summed E-state index contributed by atoms with van der Waals surface area (Å²) in [6.45, 7) is 9.67. The predicted molar refractivity (Wildman–Crippen MR) is 90.9 cm³/mol. The minimum Gasteiger partial charge on any atom is -0.461 e. The average molecular weight is 336 g/mol. The molecule has 1 aliphatic heterocycles. The van der Waals surface area contributed by atoms with Crippen molar-refractivity contribution >= 4 is 11.9 Å². The lowest BCUT2D eigenvalue weighted by Gasteiger charge is -2.25. The summed E-state index contributed by atoms with van der Waals surface area (Å²) in [6.07, 6.45) is 2.62. The Labute approximate surface area is 143 Å². The summed E-state index contributed by atoms with van der Waals surface area (Å²) in [5, 5.41) is 0. The van der Waals surface area contributed by atoms with Crippen molar-refractivity contribution < 1.29 is 19.1 Å². The van der Waals surface area contributed by atoms with Gasteiger partial charge in [-0.15, -0.1) is 0 Å². The second kappa shape index (κ2) is 8.33. The van der Waals surface area contributed by atoms with Crippen LogP contribution in [-0.2, 0) is 20.8 Å². The number of rotatable bonds is 7. The van der Waals surface area contributed by atoms with Gasteiger partial charge in [0.1, 0.15) is 5.69 Å². The van der Waals surface area contributed by atoms with Crippen LogP contribution in [0.1, 0.15) is 60.4 Å². The first-order valence-corrected chi connectivity index (χ1v) is 8.72. The molecule has 1 aliphatic rings. The highest BCUT2D eigenvalue weighted by molar-refractivity contribution is 5.89. The lowest BCUT2D eigenvalue weighted by molar-refractivity contribution is -0.133. The normalized spacial score (nSPS) is 17.1. The van der Waals surface area contributed by atoms with Crippen LogP contribution in [0.3, 0.4) is 0 Å². The van der Waals surface area contributed by atoms with Crippen molar-refractivity contribution in [3.63, 3.8) is 0 Å². The van der Waals surface area contributed by atoms with Crippen LogP contribution in [0.15, 0.2) is 0 Å². The van der Waals surface area contributed by atoms with Gasteiger partial charge in [0.15, 0.2) is 0 Å². The molecule has 134 valence electrons. The van der Waals surface area contributed by atoms with Gasteiger partial charge in [0, 0.05) is 31.8 Å². The average Bonchev–Trinajstić information content (AvgIpc) is 3.16. The summed E-state index contributed by atoms with van der Waals surface area (Å²) >= 11 is 0. The first kappa shape index (κ1) is 18.5. The smallest absolute Gasteiger partial charge is 0.355 e. The first-order valence-electron chi connectivity index (χ1n) is 8.72. The van der Waals surface area contributed by atoms with Crippen molar-refractivity contribution in [2.45, 2.75) is 59.6 Å². The fourth-order valence-electron chi connectivity index (χ4n) is 3.14. The highest BCUT2D eigenvalue weighted by atomic mass is 16.5. The van der Waals surface area contributed by atoms with Gasteiger partial charge in [-0.2, -0.15) is 0 Å². The zero-order chi connectivity index (χ0) is 17.7. The zero-order valence-electron chi connectivity index (χ0n) is 15.1. The highest BCUT2D eigenvalue weighted by Crippen LogP contribution is 2.22. The number of nitrogens with zero attached hydrogens (tertiary/aromatic N) is 1. The Morgan fingerprint density at radius 1 is 1.33 bits per heavy atom. The molecular formula is C18H28N2O4. The number of esters is 1. The third-order valence-corrected chi connectivity index (χ3v) is 4.52. The Morgan fingerprint density at radius 3 is 2.67 bits per heavy atom. The number of H-pyrrole nitrogens is 1. The van der Waals surface area contributed by atoms with E-state index in [4.69, 9.17) is 9.47 Å². The van der Waals surface area contributed by atoms with Gasteiger partial charge >= 0.3 is 5.97 Å². The molecule has 6 nitrogen and oxygen atoms in total. The molecule has 2 rings (SSSR count). The Balaban J connectivity index is 2.18. The quantitative estimate of drug-likeness (QED) is 0.777. The summed E-state index contributed by atoms with van der Waals surface area (Å²) < 4.78 is 10.8. The number of carbonyl (C=O) groups is 2. The predicted octanol–water partition coefficient (Wildman–Crippen LogP) is 2.73. The molecule has 0 aliphatic carbocycles. The topological polar surface area (TPSA) is 71.6 Å². The Morgan fingerprint density at radius 2 is 2.08 bits per heavy atom. The van der Waals surface area contributed by atoms with Crippen LogP contribution in [0.4, 0.5) is 0 Å². The van der Waals surface area contributed by atoms with Crippen LogP contribution in [0.25, 0.3) is 0 Å². The Bertz CT molecular complexity index is 588. The largest absolute Gasteiger partial charge is 0.461 e. The van der Waals surface area contributed by atoms with E-state index in [-0.39, 0.29) is 18.0 Å². The van der Waals surface area contributed by atoms with Gasteiger partial charge in [-0.1, -0.05) is 6.92 Å². The summed E-state index contributed by atoms with van der Waals surface area (Å²) in [5.41, 5.74) is 3.22. The van der Waals surface area contributed by atoms with Gasteiger partial charge in [-0.05, 0) is 44.7 Å². The summed E-state index contributed by atoms with van der Waals surface area (Å²) in [4.78, 5) is 29.3. The van der Waals surface area contributed by atoms with Gasteiger partial charge in [-0.25, -0.2) is 4.79 Å². The van der Waals surface area contributed by atoms with Crippen molar-refractivity contribution in [1.82, 2.24) is 9.88 Å². The first-order chi connectivity index (χ1) is 11.5. The van der Waals surface area contributed by atoms with Crippen molar-refractivity contribution in [1.29, 1.82) is 0 Å². The molecule has 1 saturated heterocycles. The molecule has 0 bridgehead atoms. The zero-order valence-corrected chi connectivity index (χ0v) is 15.1. The van der Waals surface area contributed by atoms with E-state index < -0.39 is 0 Å². The van der Waals surface area contributed by atoms with Crippen LogP contribution in [0.2, 0.25) is 0 Å². The number of hydrogen-bond acceptors (Lipinski definition) is 4. The van der Waals surface area contributed by atoms with E-state index in [1.165, 1.54) is 0 Å². The molecule has 1 aromatic rings. The summed E-state index contributed by atoms with van der Waals surface area (Å²) in [7, 11) is 0. The number of amides is 1. The van der Waals surface area contributed by atoms with E-state index in [0.717, 1.165) is 36.3 Å². The second-order valence-corrected chi connectivity index (χ2v) is 6.21. The number of ether oxygens (including phenoxy) is 2. The fraction of sp³-hybridized carbons (Fsp3) is 0.667. The van der Waals surface area contributed by atoms with Gasteiger partial charge in [0.05, 0.1) is 12.7 Å². The maximum absolute atomic E-state index is 12.3. The standard InChI is InChI=1S/C18H28N2O4/c1-5-16(21)20(10-14-8-7-9-24-14)11-15-12(3)17(19-13(15)4)18(22)23-6-2/h14,19H,5-11H2,1-4H3. The SMILES string of the molecule is CCOC(=O)c1[nH]c(C)c(CN(CC2CCCO2)C(=O)CC)c1C. The molecule has 0 radical (unpaired) electrons. The number of aromatic nitrogens is 1. The minimum absolute atomic E-state index is 0.100. The molecule has 1 fully saturated rings. The number of aromatic amines is 1. The van der Waals surface area contributed by atoms with Crippen molar-refractivity contribution in [2.24, 2.45) is 0 Å². The van der Waals surface area contributed by atoms with E-state index in [9.17, 15) is 9.59 Å². The van der Waals surface area contributed by atoms with Gasteiger partial charge in [0.2, 0.25) is 5.91 Å². The number of carbonyl (C=O) groups excluding carboxylic acids is 2. The molecule has 1 N–H and O–H groups in total. The van der Waals surface area contributed by atoms with Crippen molar-refractivity contribution in [3.05, 3.63) is 22.5 Å². The van der Waals surface area contributed by atoms with E-state index in [2.05, 4.69) is 4.98 Å². The third kappa shape index (κ3) is 4.17. The van der Waals surface area contributed by atoms with Crippen LogP contribution in [0, 0.1) is 13.8 Å². The van der Waals surface area contributed by atoms with E-state index in [1.54, 1.807) is 6.92 Å². The van der Waals surface area contributed by atoms with E-state index in [1.807, 2.05) is 25.7 Å². The van der Waals surface area contributed by atoms with Crippen LogP contribution < -0.4 is 0 Å². The molecule has 0 aromatic carbocycles. The lowest BCUT2D eigenvalue weighted by atomic mass is 10.1. The van der Waals surface area contributed by atoms with Gasteiger partial charge < -0.3 is 19.4 Å². The maximum atomic E-state index is 12.3. The molecule has 6 heteroatoms. The number of hydrogen-bond donors (Lipinski definition) is 1. The maximum Gasteiger partial charge on any atom is 0.355 e. The van der Waals surface area contributed by atoms with Crippen molar-refractivity contribution in [3.8, 4) is 0 Å². The molecule has 1 amide bonds. The summed E-state index contributed by atoms with van der Waals surface area (Å²) in [5.74, 6) is -0.250. The Hall–Kier alpha value is -1.82. The lowest BCUT2D eigenvalue weighted by Crippen LogP contribution is -2.36. The van der Waals surface area contributed by atoms with Gasteiger partial charge in [0.25, 0.3) is 0 Å². The minimum atomic E-state index is -0.350. The number of nitrogens with one attached hydrogen (secondary N) is 1. The number of aryl methyl sites for hydroxylation is 1. The molecule has 24 heavy (non-hydrogen) atoms. The molecule has 0 saturated carbocycles. The fourth-order valence-corrected chi connectivity index (χ4v) is 3.14. The van der Waals surface area contributed by atoms with Crippen LogP contribution >= 0.6 is 0 Å². The monoisotopic (exact) mass is 336 g/mol.